The second kappa shape index (κ2) is 6.41. The SMILES string of the molecule is Cc1[nH]c(C=C2C(=O)NN=C2c2cccnc2)c(C)c1CN(C)C. The number of carbonyl (C=O) groups excluding carboxylic acids is 1. The number of aromatic amines is 1. The van der Waals surface area contributed by atoms with Crippen LogP contribution in [-0.4, -0.2) is 40.6 Å². The van der Waals surface area contributed by atoms with Crippen molar-refractivity contribution in [2.24, 2.45) is 5.10 Å². The van der Waals surface area contributed by atoms with Crippen molar-refractivity contribution in [2.75, 3.05) is 14.1 Å². The van der Waals surface area contributed by atoms with Gasteiger partial charge in [-0.2, -0.15) is 5.10 Å². The van der Waals surface area contributed by atoms with Gasteiger partial charge in [-0.25, -0.2) is 5.43 Å². The lowest BCUT2D eigenvalue weighted by Crippen LogP contribution is -2.13. The monoisotopic (exact) mass is 323 g/mol. The van der Waals surface area contributed by atoms with Gasteiger partial charge in [0.05, 0.1) is 5.57 Å². The Hall–Kier alpha value is -2.73. The lowest BCUT2D eigenvalue weighted by atomic mass is 10.0. The van der Waals surface area contributed by atoms with E-state index in [2.05, 4.69) is 39.2 Å². The molecule has 6 nitrogen and oxygen atoms in total. The smallest absolute Gasteiger partial charge is 0.273 e. The molecule has 6 heteroatoms. The quantitative estimate of drug-likeness (QED) is 0.845. The molecule has 3 rings (SSSR count). The first-order valence-corrected chi connectivity index (χ1v) is 7.80. The van der Waals surface area contributed by atoms with E-state index in [1.807, 2.05) is 32.3 Å². The van der Waals surface area contributed by atoms with E-state index in [-0.39, 0.29) is 5.91 Å². The Morgan fingerprint density at radius 3 is 2.75 bits per heavy atom. The number of rotatable bonds is 4. The molecule has 0 bridgehead atoms. The van der Waals surface area contributed by atoms with E-state index in [1.165, 1.54) is 5.56 Å². The Morgan fingerprint density at radius 2 is 2.08 bits per heavy atom. The van der Waals surface area contributed by atoms with Crippen LogP contribution in [0.5, 0.6) is 0 Å². The molecule has 24 heavy (non-hydrogen) atoms. The predicted molar refractivity (Wildman–Crippen MR) is 94.6 cm³/mol. The van der Waals surface area contributed by atoms with Gasteiger partial charge in [0.25, 0.3) is 5.91 Å². The van der Waals surface area contributed by atoms with E-state index in [1.54, 1.807) is 12.4 Å². The molecule has 2 aromatic rings. The van der Waals surface area contributed by atoms with Crippen LogP contribution in [-0.2, 0) is 11.3 Å². The number of nitrogens with one attached hydrogen (secondary N) is 2. The van der Waals surface area contributed by atoms with Crippen LogP contribution in [0.1, 0.15) is 28.1 Å². The fourth-order valence-corrected chi connectivity index (χ4v) is 2.85. The van der Waals surface area contributed by atoms with Crippen molar-refractivity contribution in [2.45, 2.75) is 20.4 Å². The number of aromatic nitrogens is 2. The lowest BCUT2D eigenvalue weighted by Gasteiger charge is -2.10. The number of hydrogen-bond donors (Lipinski definition) is 2. The maximum atomic E-state index is 12.2. The molecule has 1 aliphatic heterocycles. The van der Waals surface area contributed by atoms with Crippen LogP contribution >= 0.6 is 0 Å². The summed E-state index contributed by atoms with van der Waals surface area (Å²) in [6.45, 7) is 4.98. The minimum atomic E-state index is -0.199. The van der Waals surface area contributed by atoms with Gasteiger partial charge < -0.3 is 9.88 Å². The highest BCUT2D eigenvalue weighted by molar-refractivity contribution is 6.33. The maximum Gasteiger partial charge on any atom is 0.273 e. The molecule has 0 spiro atoms. The first-order valence-electron chi connectivity index (χ1n) is 7.80. The van der Waals surface area contributed by atoms with Crippen molar-refractivity contribution in [1.82, 2.24) is 20.3 Å². The van der Waals surface area contributed by atoms with Crippen LogP contribution in [0.4, 0.5) is 0 Å². The summed E-state index contributed by atoms with van der Waals surface area (Å²) < 4.78 is 0. The number of aryl methyl sites for hydroxylation is 1. The van der Waals surface area contributed by atoms with Crippen molar-refractivity contribution in [3.05, 3.63) is 58.2 Å². The van der Waals surface area contributed by atoms with Gasteiger partial charge in [-0.3, -0.25) is 9.78 Å². The number of pyridine rings is 1. The summed E-state index contributed by atoms with van der Waals surface area (Å²) in [7, 11) is 4.09. The number of amides is 1. The number of hydrogen-bond acceptors (Lipinski definition) is 4. The van der Waals surface area contributed by atoms with Crippen LogP contribution < -0.4 is 5.43 Å². The summed E-state index contributed by atoms with van der Waals surface area (Å²) in [5.74, 6) is -0.199. The fourth-order valence-electron chi connectivity index (χ4n) is 2.85. The third kappa shape index (κ3) is 3.00. The van der Waals surface area contributed by atoms with Crippen LogP contribution in [0.2, 0.25) is 0 Å². The number of carbonyl (C=O) groups is 1. The van der Waals surface area contributed by atoms with Gasteiger partial charge in [-0.05, 0) is 57.3 Å². The summed E-state index contributed by atoms with van der Waals surface area (Å²) in [5.41, 5.74) is 8.98. The van der Waals surface area contributed by atoms with Crippen LogP contribution in [0, 0.1) is 13.8 Å². The van der Waals surface area contributed by atoms with Gasteiger partial charge >= 0.3 is 0 Å². The van der Waals surface area contributed by atoms with Gasteiger partial charge in [-0.1, -0.05) is 0 Å². The summed E-state index contributed by atoms with van der Waals surface area (Å²) in [4.78, 5) is 21.8. The highest BCUT2D eigenvalue weighted by Crippen LogP contribution is 2.23. The van der Waals surface area contributed by atoms with E-state index >= 15 is 0 Å². The number of hydrazone groups is 1. The molecule has 0 saturated carbocycles. The Morgan fingerprint density at radius 1 is 1.29 bits per heavy atom. The van der Waals surface area contributed by atoms with Crippen LogP contribution in [0.25, 0.3) is 6.08 Å². The van der Waals surface area contributed by atoms with E-state index in [0.29, 0.717) is 11.3 Å². The van der Waals surface area contributed by atoms with Gasteiger partial charge in [0, 0.05) is 35.9 Å². The van der Waals surface area contributed by atoms with Crippen molar-refractivity contribution in [1.29, 1.82) is 0 Å². The zero-order valence-electron chi connectivity index (χ0n) is 14.3. The molecule has 0 atom stereocenters. The molecule has 0 radical (unpaired) electrons. The Kier molecular flexibility index (Phi) is 4.31. The van der Waals surface area contributed by atoms with E-state index in [0.717, 1.165) is 29.1 Å². The van der Waals surface area contributed by atoms with Crippen molar-refractivity contribution >= 4 is 17.7 Å². The first kappa shape index (κ1) is 16.1. The summed E-state index contributed by atoms with van der Waals surface area (Å²) in [6.07, 6.45) is 5.27. The molecule has 0 aromatic carbocycles. The summed E-state index contributed by atoms with van der Waals surface area (Å²) in [6, 6.07) is 3.72. The van der Waals surface area contributed by atoms with Crippen molar-refractivity contribution < 1.29 is 4.79 Å². The average molecular weight is 323 g/mol. The molecule has 0 saturated heterocycles. The second-order valence-corrected chi connectivity index (χ2v) is 6.21. The van der Waals surface area contributed by atoms with Gasteiger partial charge in [0.2, 0.25) is 0 Å². The highest BCUT2D eigenvalue weighted by atomic mass is 16.2. The predicted octanol–water partition coefficient (Wildman–Crippen LogP) is 2.01. The molecule has 0 unspecified atom stereocenters. The molecule has 124 valence electrons. The highest BCUT2D eigenvalue weighted by Gasteiger charge is 2.25. The molecular weight excluding hydrogens is 302 g/mol. The molecule has 1 aliphatic rings. The Bertz CT molecular complexity index is 831. The summed E-state index contributed by atoms with van der Waals surface area (Å²) in [5, 5.41) is 4.16. The first-order chi connectivity index (χ1) is 11.5. The number of nitrogens with zero attached hydrogens (tertiary/aromatic N) is 3. The minimum Gasteiger partial charge on any atom is -0.359 e. The normalized spacial score (nSPS) is 16.0. The Balaban J connectivity index is 2.01. The third-order valence-electron chi connectivity index (χ3n) is 4.10. The van der Waals surface area contributed by atoms with E-state index in [9.17, 15) is 4.79 Å². The average Bonchev–Trinajstić information content (AvgIpc) is 3.04. The minimum absolute atomic E-state index is 0.199. The van der Waals surface area contributed by atoms with E-state index in [4.69, 9.17) is 0 Å². The summed E-state index contributed by atoms with van der Waals surface area (Å²) >= 11 is 0. The molecule has 1 amide bonds. The van der Waals surface area contributed by atoms with Crippen molar-refractivity contribution in [3.8, 4) is 0 Å². The largest absolute Gasteiger partial charge is 0.359 e. The molecular formula is C18H21N5O. The van der Waals surface area contributed by atoms with Gasteiger partial charge in [0.15, 0.2) is 0 Å². The standard InChI is InChI=1S/C18H21N5O/c1-11-15(10-23(3)4)12(2)20-16(11)8-14-17(21-22-18(14)24)13-6-5-7-19-9-13/h5-9,20H,10H2,1-4H3,(H,22,24). The Labute approximate surface area is 141 Å². The van der Waals surface area contributed by atoms with Gasteiger partial charge in [-0.15, -0.1) is 0 Å². The molecule has 0 fully saturated rings. The fraction of sp³-hybridized carbons (Fsp3) is 0.278. The number of H-pyrrole nitrogens is 1. The zero-order chi connectivity index (χ0) is 17.3. The topological polar surface area (TPSA) is 73.4 Å². The molecule has 2 aromatic heterocycles. The maximum absolute atomic E-state index is 12.2. The molecule has 2 N–H and O–H groups in total. The van der Waals surface area contributed by atoms with E-state index < -0.39 is 0 Å². The lowest BCUT2D eigenvalue weighted by molar-refractivity contribution is -0.116. The molecule has 3 heterocycles. The zero-order valence-corrected chi connectivity index (χ0v) is 14.3. The van der Waals surface area contributed by atoms with Crippen LogP contribution in [0.15, 0.2) is 35.2 Å². The van der Waals surface area contributed by atoms with Gasteiger partial charge in [0.1, 0.15) is 5.71 Å². The second-order valence-electron chi connectivity index (χ2n) is 6.21. The van der Waals surface area contributed by atoms with Crippen molar-refractivity contribution in [3.63, 3.8) is 0 Å². The molecule has 0 aliphatic carbocycles. The van der Waals surface area contributed by atoms with Crippen LogP contribution in [0.3, 0.4) is 0 Å². The third-order valence-corrected chi connectivity index (χ3v) is 4.10.